The molecule has 40 heavy (non-hydrogen) atoms. The lowest BCUT2D eigenvalue weighted by molar-refractivity contribution is -0.217. The van der Waals surface area contributed by atoms with E-state index in [2.05, 4.69) is 24.8 Å². The largest absolute Gasteiger partial charge is 0.469 e. The number of ether oxygens (including phenoxy) is 4. The van der Waals surface area contributed by atoms with Gasteiger partial charge in [-0.25, -0.2) is 4.79 Å². The number of hydrogen-bond donors (Lipinski definition) is 0. The van der Waals surface area contributed by atoms with Gasteiger partial charge in [0.05, 0.1) is 25.7 Å². The zero-order chi connectivity index (χ0) is 30.5. The molecule has 0 aromatic heterocycles. The molecule has 0 aromatic rings. The maximum absolute atomic E-state index is 12.0. The van der Waals surface area contributed by atoms with Gasteiger partial charge in [0, 0.05) is 18.9 Å². The Morgan fingerprint density at radius 3 is 2.08 bits per heavy atom. The molecule has 232 valence electrons. The van der Waals surface area contributed by atoms with Crippen LogP contribution in [0.3, 0.4) is 0 Å². The summed E-state index contributed by atoms with van der Waals surface area (Å²) in [5.41, 5.74) is -1.52. The van der Waals surface area contributed by atoms with Crippen molar-refractivity contribution in [3.63, 3.8) is 0 Å². The lowest BCUT2D eigenvalue weighted by Gasteiger charge is -2.51. The van der Waals surface area contributed by atoms with Crippen LogP contribution in [0.15, 0.2) is 37.0 Å². The second kappa shape index (κ2) is 23.0. The Kier molecular flexibility index (Phi) is 24.0. The van der Waals surface area contributed by atoms with Crippen molar-refractivity contribution in [2.24, 2.45) is 5.41 Å². The number of carbonyl (C=O) groups is 4. The first-order chi connectivity index (χ1) is 18.4. The molecule has 0 aliphatic carbocycles. The van der Waals surface area contributed by atoms with Crippen LogP contribution in [-0.4, -0.2) is 56.2 Å². The van der Waals surface area contributed by atoms with Crippen LogP contribution in [0.4, 0.5) is 0 Å². The molecule has 0 N–H and O–H groups in total. The molecule has 1 saturated heterocycles. The maximum Gasteiger partial charge on any atom is 0.330 e. The number of aldehydes is 1. The number of esters is 3. The average Bonchev–Trinajstić information content (AvgIpc) is 2.91. The molecule has 0 aromatic carbocycles. The van der Waals surface area contributed by atoms with Crippen molar-refractivity contribution in [1.29, 1.82) is 0 Å². The van der Waals surface area contributed by atoms with Gasteiger partial charge in [0.1, 0.15) is 11.9 Å². The molecular weight excluding hydrogens is 512 g/mol. The van der Waals surface area contributed by atoms with E-state index in [1.165, 1.54) is 39.6 Å². The summed E-state index contributed by atoms with van der Waals surface area (Å²) in [4.78, 5) is 46.1. The SMILES string of the molecule is C.C=CC.C=CC[C@@H]1C/C(=C\C(=O)OC)[C@H](OC(=O)CC)[C@](C)(C(C)(C)C=O)O1.CCCCCCCC(=O)OC. The predicted octanol–water partition coefficient (Wildman–Crippen LogP) is 7.10. The molecule has 0 bridgehead atoms. The van der Waals surface area contributed by atoms with Crippen LogP contribution in [0.2, 0.25) is 0 Å². The van der Waals surface area contributed by atoms with Gasteiger partial charge in [0.15, 0.2) is 6.10 Å². The minimum Gasteiger partial charge on any atom is -0.469 e. The van der Waals surface area contributed by atoms with E-state index >= 15 is 0 Å². The molecule has 1 rings (SSSR count). The van der Waals surface area contributed by atoms with E-state index in [1.807, 2.05) is 6.92 Å². The Hall–Kier alpha value is -2.74. The number of carbonyl (C=O) groups excluding carboxylic acids is 4. The first-order valence-electron chi connectivity index (χ1n) is 13.7. The quantitative estimate of drug-likeness (QED) is 0.0578. The standard InChI is InChI=1S/C19H28O6.C9H18O2.C3H6.CH4/c1-7-9-14-10-13(11-16(22)23-6)17(24-15(21)8-2)19(5,25-14)18(3,4)12-20;1-3-4-5-6-7-8-9(10)11-2;1-3-2;/h7,11-12,14,17H,1,8-10H2,2-6H3;3-8H2,1-2H3;3H,1H2,2H3;1H4/b13-11+;;;/t14-,17+,19-;;;/m1.../s1. The van der Waals surface area contributed by atoms with Crippen molar-refractivity contribution in [2.45, 2.75) is 125 Å². The molecule has 0 unspecified atom stereocenters. The third-order valence-electron chi connectivity index (χ3n) is 6.47. The Balaban J connectivity index is -0.000000764. The highest BCUT2D eigenvalue weighted by Gasteiger charge is 2.55. The summed E-state index contributed by atoms with van der Waals surface area (Å²) >= 11 is 0. The van der Waals surface area contributed by atoms with E-state index in [-0.39, 0.29) is 25.9 Å². The third-order valence-corrected chi connectivity index (χ3v) is 6.47. The van der Waals surface area contributed by atoms with Crippen LogP contribution >= 0.6 is 0 Å². The Morgan fingerprint density at radius 1 is 1.05 bits per heavy atom. The van der Waals surface area contributed by atoms with E-state index in [1.54, 1.807) is 39.8 Å². The number of allylic oxidation sites excluding steroid dienone is 1. The van der Waals surface area contributed by atoms with Crippen molar-refractivity contribution in [2.75, 3.05) is 14.2 Å². The normalized spacial score (nSPS) is 20.6. The van der Waals surface area contributed by atoms with E-state index in [0.29, 0.717) is 24.8 Å². The number of hydrogen-bond acceptors (Lipinski definition) is 8. The molecule has 1 aliphatic heterocycles. The fourth-order valence-electron chi connectivity index (χ4n) is 3.82. The fourth-order valence-corrected chi connectivity index (χ4v) is 3.82. The summed E-state index contributed by atoms with van der Waals surface area (Å²) in [7, 11) is 2.72. The van der Waals surface area contributed by atoms with Crippen molar-refractivity contribution >= 4 is 24.2 Å². The van der Waals surface area contributed by atoms with E-state index in [0.717, 1.165) is 19.1 Å². The Labute approximate surface area is 243 Å². The molecule has 0 radical (unpaired) electrons. The lowest BCUT2D eigenvalue weighted by atomic mass is 9.69. The van der Waals surface area contributed by atoms with Crippen LogP contribution in [0, 0.1) is 5.41 Å². The van der Waals surface area contributed by atoms with Gasteiger partial charge in [-0.05, 0) is 38.7 Å². The monoisotopic (exact) mass is 568 g/mol. The van der Waals surface area contributed by atoms with Gasteiger partial charge in [0.25, 0.3) is 0 Å². The molecular formula is C32H56O8. The van der Waals surface area contributed by atoms with Crippen LogP contribution in [0.25, 0.3) is 0 Å². The van der Waals surface area contributed by atoms with E-state index < -0.39 is 29.1 Å². The zero-order valence-electron chi connectivity index (χ0n) is 25.5. The summed E-state index contributed by atoms with van der Waals surface area (Å²) in [6.45, 7) is 18.0. The van der Waals surface area contributed by atoms with Crippen molar-refractivity contribution in [3.8, 4) is 0 Å². The smallest absolute Gasteiger partial charge is 0.330 e. The fraction of sp³-hybridized carbons (Fsp3) is 0.688. The minimum atomic E-state index is -1.13. The van der Waals surface area contributed by atoms with Gasteiger partial charge in [0.2, 0.25) is 0 Å². The van der Waals surface area contributed by atoms with Crippen LogP contribution in [0.1, 0.15) is 107 Å². The Bertz CT molecular complexity index is 799. The number of methoxy groups -OCH3 is 2. The van der Waals surface area contributed by atoms with Crippen molar-refractivity contribution in [1.82, 2.24) is 0 Å². The topological polar surface area (TPSA) is 105 Å². The highest BCUT2D eigenvalue weighted by atomic mass is 16.6. The maximum atomic E-state index is 12.0. The first-order valence-corrected chi connectivity index (χ1v) is 13.7. The second-order valence-electron chi connectivity index (χ2n) is 10.0. The number of unbranched alkanes of at least 4 members (excludes halogenated alkanes) is 4. The predicted molar refractivity (Wildman–Crippen MR) is 161 cm³/mol. The average molecular weight is 569 g/mol. The van der Waals surface area contributed by atoms with E-state index in [9.17, 15) is 19.2 Å². The molecule has 0 spiro atoms. The molecule has 3 atom stereocenters. The molecule has 1 fully saturated rings. The summed E-state index contributed by atoms with van der Waals surface area (Å²) in [5, 5.41) is 0. The first kappa shape index (κ1) is 41.7. The van der Waals surface area contributed by atoms with Gasteiger partial charge in [-0.3, -0.25) is 9.59 Å². The zero-order valence-corrected chi connectivity index (χ0v) is 25.5. The molecule has 0 amide bonds. The molecule has 1 heterocycles. The number of rotatable bonds is 13. The summed E-state index contributed by atoms with van der Waals surface area (Å²) in [5.74, 6) is -1.06. The van der Waals surface area contributed by atoms with Gasteiger partial charge in [-0.15, -0.1) is 13.2 Å². The third kappa shape index (κ3) is 15.2. The van der Waals surface area contributed by atoms with Gasteiger partial charge >= 0.3 is 17.9 Å². The Morgan fingerprint density at radius 2 is 1.62 bits per heavy atom. The molecule has 0 saturated carbocycles. The van der Waals surface area contributed by atoms with Crippen LogP contribution in [0.5, 0.6) is 0 Å². The summed E-state index contributed by atoms with van der Waals surface area (Å²) in [6.07, 6.45) is 12.0. The molecule has 8 nitrogen and oxygen atoms in total. The lowest BCUT2D eigenvalue weighted by Crippen LogP contribution is -2.60. The minimum absolute atomic E-state index is 0. The van der Waals surface area contributed by atoms with Gasteiger partial charge < -0.3 is 23.7 Å². The second-order valence-corrected chi connectivity index (χ2v) is 10.0. The molecule has 8 heteroatoms. The molecule has 1 aliphatic rings. The van der Waals surface area contributed by atoms with E-state index in [4.69, 9.17) is 14.2 Å². The van der Waals surface area contributed by atoms with Gasteiger partial charge in [-0.1, -0.05) is 73.0 Å². The van der Waals surface area contributed by atoms with Crippen molar-refractivity contribution < 1.29 is 38.1 Å². The van der Waals surface area contributed by atoms with Crippen LogP contribution < -0.4 is 0 Å². The van der Waals surface area contributed by atoms with Gasteiger partial charge in [-0.2, -0.15) is 0 Å². The highest BCUT2D eigenvalue weighted by molar-refractivity contribution is 5.83. The summed E-state index contributed by atoms with van der Waals surface area (Å²) < 4.78 is 21.0. The summed E-state index contributed by atoms with van der Waals surface area (Å²) in [6, 6.07) is 0. The van der Waals surface area contributed by atoms with Crippen LogP contribution in [-0.2, 0) is 38.1 Å². The highest BCUT2D eigenvalue weighted by Crippen LogP contribution is 2.46. The van der Waals surface area contributed by atoms with Crippen molar-refractivity contribution in [3.05, 3.63) is 37.0 Å².